The molecule has 5 heteroatoms. The van der Waals surface area contributed by atoms with Crippen LogP contribution >= 0.6 is 0 Å². The zero-order chi connectivity index (χ0) is 13.1. The lowest BCUT2D eigenvalue weighted by Gasteiger charge is -2.04. The number of carboxylic acid groups (broad SMARTS) is 1. The van der Waals surface area contributed by atoms with Crippen molar-refractivity contribution in [3.8, 4) is 0 Å². The Labute approximate surface area is 104 Å². The molecule has 1 heterocycles. The average Bonchev–Trinajstić information content (AvgIpc) is 2.71. The second kappa shape index (κ2) is 4.91. The fourth-order valence-electron chi connectivity index (χ4n) is 1.69. The summed E-state index contributed by atoms with van der Waals surface area (Å²) in [5.74, 6) is -1.67. The van der Waals surface area contributed by atoms with Crippen LogP contribution in [0.2, 0.25) is 0 Å². The summed E-state index contributed by atoms with van der Waals surface area (Å²) in [6.07, 6.45) is 0. The van der Waals surface area contributed by atoms with Crippen molar-refractivity contribution >= 4 is 5.97 Å². The van der Waals surface area contributed by atoms with Crippen molar-refractivity contribution in [1.82, 2.24) is 9.78 Å². The van der Waals surface area contributed by atoms with Gasteiger partial charge in [0.15, 0.2) is 0 Å². The highest BCUT2D eigenvalue weighted by atomic mass is 16.4. The van der Waals surface area contributed by atoms with Gasteiger partial charge in [0.25, 0.3) is 5.56 Å². The van der Waals surface area contributed by atoms with Crippen LogP contribution in [0.15, 0.2) is 41.2 Å². The molecule has 1 aromatic heterocycles. The summed E-state index contributed by atoms with van der Waals surface area (Å²) in [7, 11) is 0. The zero-order valence-corrected chi connectivity index (χ0v) is 9.96. The van der Waals surface area contributed by atoms with Gasteiger partial charge in [-0.1, -0.05) is 30.3 Å². The maximum absolute atomic E-state index is 11.7. The number of aromatic nitrogens is 2. The second-order valence-electron chi connectivity index (χ2n) is 4.18. The van der Waals surface area contributed by atoms with Crippen LogP contribution in [0, 0.1) is 0 Å². The van der Waals surface area contributed by atoms with Crippen molar-refractivity contribution in [2.45, 2.75) is 19.4 Å². The Balaban J connectivity index is 2.25. The predicted molar refractivity (Wildman–Crippen MR) is 66.6 cm³/mol. The molecule has 5 nitrogen and oxygen atoms in total. The van der Waals surface area contributed by atoms with Crippen molar-refractivity contribution in [2.75, 3.05) is 0 Å². The largest absolute Gasteiger partial charge is 0.481 e. The highest BCUT2D eigenvalue weighted by Gasteiger charge is 2.17. The highest BCUT2D eigenvalue weighted by molar-refractivity contribution is 5.74. The van der Waals surface area contributed by atoms with Crippen molar-refractivity contribution in [1.29, 1.82) is 0 Å². The Morgan fingerprint density at radius 3 is 2.67 bits per heavy atom. The number of nitrogens with one attached hydrogen (secondary N) is 1. The maximum Gasteiger partial charge on any atom is 0.312 e. The second-order valence-corrected chi connectivity index (χ2v) is 4.18. The van der Waals surface area contributed by atoms with Crippen molar-refractivity contribution in [3.05, 3.63) is 58.0 Å². The first-order valence-electron chi connectivity index (χ1n) is 5.64. The van der Waals surface area contributed by atoms with Crippen LogP contribution in [0.25, 0.3) is 0 Å². The van der Waals surface area contributed by atoms with Crippen LogP contribution < -0.4 is 5.56 Å². The number of aromatic amines is 1. The molecule has 0 bridgehead atoms. The van der Waals surface area contributed by atoms with Gasteiger partial charge < -0.3 is 5.11 Å². The van der Waals surface area contributed by atoms with Crippen LogP contribution in [0.3, 0.4) is 0 Å². The number of carboxylic acids is 1. The lowest BCUT2D eigenvalue weighted by Crippen LogP contribution is -2.16. The first-order valence-corrected chi connectivity index (χ1v) is 5.64. The van der Waals surface area contributed by atoms with E-state index in [2.05, 4.69) is 5.10 Å². The molecule has 2 rings (SSSR count). The van der Waals surface area contributed by atoms with Crippen LogP contribution in [0.5, 0.6) is 0 Å². The number of aliphatic carboxylic acids is 1. The average molecular weight is 246 g/mol. The van der Waals surface area contributed by atoms with Gasteiger partial charge in [-0.2, -0.15) is 0 Å². The van der Waals surface area contributed by atoms with Gasteiger partial charge in [0.05, 0.1) is 18.2 Å². The molecule has 0 saturated heterocycles. The fraction of sp³-hybridized carbons (Fsp3) is 0.231. The summed E-state index contributed by atoms with van der Waals surface area (Å²) in [6.45, 7) is 1.95. The van der Waals surface area contributed by atoms with Crippen molar-refractivity contribution in [3.63, 3.8) is 0 Å². The summed E-state index contributed by atoms with van der Waals surface area (Å²) in [5, 5.41) is 11.7. The standard InChI is InChI=1S/C13H14N2O3/c1-9(13(17)18)11-7-12(16)15(14-11)8-10-5-3-2-4-6-10/h2-7,9,14H,8H2,1H3,(H,17,18). The van der Waals surface area contributed by atoms with Gasteiger partial charge in [-0.3, -0.25) is 14.7 Å². The molecule has 2 N–H and O–H groups in total. The number of nitrogens with zero attached hydrogens (tertiary/aromatic N) is 1. The van der Waals surface area contributed by atoms with E-state index in [0.29, 0.717) is 12.2 Å². The first-order chi connectivity index (χ1) is 8.58. The maximum atomic E-state index is 11.7. The quantitative estimate of drug-likeness (QED) is 0.856. The molecule has 0 spiro atoms. The van der Waals surface area contributed by atoms with Crippen LogP contribution in [-0.4, -0.2) is 20.9 Å². The molecule has 18 heavy (non-hydrogen) atoms. The summed E-state index contributed by atoms with van der Waals surface area (Å²) < 4.78 is 1.41. The number of hydrogen-bond acceptors (Lipinski definition) is 2. The third-order valence-corrected chi connectivity index (χ3v) is 2.83. The molecule has 0 fully saturated rings. The topological polar surface area (TPSA) is 75.1 Å². The molecular weight excluding hydrogens is 232 g/mol. The molecule has 0 aliphatic carbocycles. The monoisotopic (exact) mass is 246 g/mol. The van der Waals surface area contributed by atoms with Gasteiger partial charge in [-0.25, -0.2) is 4.68 Å². The Bertz CT molecular complexity index is 598. The molecule has 0 radical (unpaired) electrons. The van der Waals surface area contributed by atoms with Crippen LogP contribution in [-0.2, 0) is 11.3 Å². The molecular formula is C13H14N2O3. The molecule has 0 aliphatic heterocycles. The molecule has 0 amide bonds. The van der Waals surface area contributed by atoms with Gasteiger partial charge in [0, 0.05) is 6.07 Å². The van der Waals surface area contributed by atoms with E-state index in [4.69, 9.17) is 5.11 Å². The van der Waals surface area contributed by atoms with Gasteiger partial charge in [0.1, 0.15) is 0 Å². The van der Waals surface area contributed by atoms with Crippen LogP contribution in [0.4, 0.5) is 0 Å². The normalized spacial score (nSPS) is 12.3. The number of carbonyl (C=O) groups is 1. The molecule has 1 unspecified atom stereocenters. The lowest BCUT2D eigenvalue weighted by molar-refractivity contribution is -0.138. The van der Waals surface area contributed by atoms with E-state index in [1.165, 1.54) is 10.7 Å². The van der Waals surface area contributed by atoms with Crippen molar-refractivity contribution < 1.29 is 9.90 Å². The van der Waals surface area contributed by atoms with E-state index >= 15 is 0 Å². The van der Waals surface area contributed by atoms with E-state index in [1.54, 1.807) is 6.92 Å². The molecule has 1 aromatic carbocycles. The van der Waals surface area contributed by atoms with Gasteiger partial charge >= 0.3 is 5.97 Å². The van der Waals surface area contributed by atoms with Gasteiger partial charge in [0.2, 0.25) is 0 Å². The zero-order valence-electron chi connectivity index (χ0n) is 9.96. The van der Waals surface area contributed by atoms with E-state index < -0.39 is 11.9 Å². The molecule has 0 aliphatic rings. The van der Waals surface area contributed by atoms with E-state index in [-0.39, 0.29) is 5.56 Å². The number of hydrogen-bond donors (Lipinski definition) is 2. The Kier molecular flexibility index (Phi) is 3.32. The molecule has 0 saturated carbocycles. The van der Waals surface area contributed by atoms with Crippen LogP contribution in [0.1, 0.15) is 24.1 Å². The molecule has 94 valence electrons. The smallest absolute Gasteiger partial charge is 0.312 e. The Morgan fingerprint density at radius 2 is 2.06 bits per heavy atom. The van der Waals surface area contributed by atoms with Gasteiger partial charge in [-0.05, 0) is 12.5 Å². The number of rotatable bonds is 4. The van der Waals surface area contributed by atoms with E-state index in [0.717, 1.165) is 5.56 Å². The molecule has 2 aromatic rings. The summed E-state index contributed by atoms with van der Waals surface area (Å²) in [6, 6.07) is 10.8. The highest BCUT2D eigenvalue weighted by Crippen LogP contribution is 2.10. The van der Waals surface area contributed by atoms with E-state index in [1.807, 2.05) is 30.3 Å². The minimum Gasteiger partial charge on any atom is -0.481 e. The summed E-state index contributed by atoms with van der Waals surface area (Å²) in [5.41, 5.74) is 1.18. The Hall–Kier alpha value is -2.30. The number of benzene rings is 1. The summed E-state index contributed by atoms with van der Waals surface area (Å²) >= 11 is 0. The first kappa shape index (κ1) is 12.2. The minimum atomic E-state index is -0.955. The lowest BCUT2D eigenvalue weighted by atomic mass is 10.1. The SMILES string of the molecule is CC(C(=O)O)c1cc(=O)n(Cc2ccccc2)[nH]1. The third-order valence-electron chi connectivity index (χ3n) is 2.83. The molecule has 1 atom stereocenters. The van der Waals surface area contributed by atoms with E-state index in [9.17, 15) is 9.59 Å². The number of H-pyrrole nitrogens is 1. The third kappa shape index (κ3) is 2.51. The minimum absolute atomic E-state index is 0.220. The predicted octanol–water partition coefficient (Wildman–Crippen LogP) is 1.41. The fourth-order valence-corrected chi connectivity index (χ4v) is 1.69. The van der Waals surface area contributed by atoms with Crippen molar-refractivity contribution in [2.24, 2.45) is 0 Å². The Morgan fingerprint density at radius 1 is 1.39 bits per heavy atom. The summed E-state index contributed by atoms with van der Waals surface area (Å²) in [4.78, 5) is 22.6. The van der Waals surface area contributed by atoms with Gasteiger partial charge in [-0.15, -0.1) is 0 Å².